The first-order valence-corrected chi connectivity index (χ1v) is 11.2. The van der Waals surface area contributed by atoms with Gasteiger partial charge in [0.2, 0.25) is 0 Å². The second-order valence-electron chi connectivity index (χ2n) is 7.34. The highest BCUT2D eigenvalue weighted by molar-refractivity contribution is 7.99. The Morgan fingerprint density at radius 2 is 1.75 bits per heavy atom. The van der Waals surface area contributed by atoms with Crippen LogP contribution in [0.5, 0.6) is 0 Å². The van der Waals surface area contributed by atoms with E-state index in [0.717, 1.165) is 28.2 Å². The van der Waals surface area contributed by atoms with E-state index in [0.29, 0.717) is 5.16 Å². The van der Waals surface area contributed by atoms with Crippen molar-refractivity contribution in [1.29, 1.82) is 0 Å². The van der Waals surface area contributed by atoms with E-state index < -0.39 is 0 Å². The lowest BCUT2D eigenvalue weighted by atomic mass is 10.1. The van der Waals surface area contributed by atoms with Gasteiger partial charge in [0.15, 0.2) is 11.0 Å². The summed E-state index contributed by atoms with van der Waals surface area (Å²) in [7, 11) is 0. The number of amides is 1. The number of carbonyl (C=O) groups excluding carboxylic acids is 1. The number of aryl methyl sites for hydroxylation is 2. The van der Waals surface area contributed by atoms with Crippen LogP contribution in [0.15, 0.2) is 89.1 Å². The molecule has 3 aromatic carbocycles. The Balaban J connectivity index is 1.49. The largest absolute Gasteiger partial charge is 0.272 e. The standard InChI is InChI=1S/C25H23N5OS/c1-18-11-13-21(14-12-18)24-28-29-25(30(24)22-9-4-3-5-10-22)32-17-23(31)27-26-16-20-8-6-7-19(2)15-20/h3-16H,17H2,1-2H3,(H,27,31). The fourth-order valence-electron chi connectivity index (χ4n) is 3.15. The molecule has 4 aromatic rings. The van der Waals surface area contributed by atoms with E-state index in [9.17, 15) is 4.79 Å². The summed E-state index contributed by atoms with van der Waals surface area (Å²) >= 11 is 1.32. The van der Waals surface area contributed by atoms with Crippen molar-refractivity contribution in [3.8, 4) is 17.1 Å². The molecule has 0 spiro atoms. The highest BCUT2D eigenvalue weighted by Gasteiger charge is 2.17. The zero-order chi connectivity index (χ0) is 22.3. The first kappa shape index (κ1) is 21.5. The van der Waals surface area contributed by atoms with Crippen LogP contribution in [0.2, 0.25) is 0 Å². The third-order valence-electron chi connectivity index (χ3n) is 4.73. The van der Waals surface area contributed by atoms with E-state index in [2.05, 4.69) is 20.7 Å². The summed E-state index contributed by atoms with van der Waals surface area (Å²) in [5, 5.41) is 13.5. The molecular weight excluding hydrogens is 418 g/mol. The fourth-order valence-corrected chi connectivity index (χ4v) is 3.90. The highest BCUT2D eigenvalue weighted by Crippen LogP contribution is 2.28. The molecule has 0 saturated carbocycles. The zero-order valence-corrected chi connectivity index (χ0v) is 18.7. The van der Waals surface area contributed by atoms with E-state index in [1.807, 2.05) is 97.3 Å². The third-order valence-corrected chi connectivity index (χ3v) is 5.66. The third kappa shape index (κ3) is 5.31. The van der Waals surface area contributed by atoms with Crippen molar-refractivity contribution in [1.82, 2.24) is 20.2 Å². The average molecular weight is 442 g/mol. The number of carbonyl (C=O) groups is 1. The second kappa shape index (κ2) is 10.1. The summed E-state index contributed by atoms with van der Waals surface area (Å²) in [6, 6.07) is 25.9. The van der Waals surface area contributed by atoms with Crippen molar-refractivity contribution in [2.24, 2.45) is 5.10 Å². The van der Waals surface area contributed by atoms with Crippen LogP contribution in [0, 0.1) is 13.8 Å². The van der Waals surface area contributed by atoms with Crippen molar-refractivity contribution >= 4 is 23.9 Å². The van der Waals surface area contributed by atoms with Crippen molar-refractivity contribution < 1.29 is 4.79 Å². The molecule has 7 heteroatoms. The molecule has 0 atom stereocenters. The van der Waals surface area contributed by atoms with Gasteiger partial charge in [-0.3, -0.25) is 9.36 Å². The Bertz CT molecular complexity index is 1230. The van der Waals surface area contributed by atoms with Crippen LogP contribution in [0.3, 0.4) is 0 Å². The quantitative estimate of drug-likeness (QED) is 0.254. The van der Waals surface area contributed by atoms with Gasteiger partial charge in [0.1, 0.15) is 0 Å². The molecule has 0 radical (unpaired) electrons. The Morgan fingerprint density at radius 1 is 0.969 bits per heavy atom. The molecule has 4 rings (SSSR count). The lowest BCUT2D eigenvalue weighted by Crippen LogP contribution is -2.20. The molecule has 0 aliphatic heterocycles. The molecule has 1 amide bonds. The molecule has 1 N–H and O–H groups in total. The lowest BCUT2D eigenvalue weighted by molar-refractivity contribution is -0.118. The van der Waals surface area contributed by atoms with Gasteiger partial charge in [-0.05, 0) is 31.5 Å². The van der Waals surface area contributed by atoms with Gasteiger partial charge in [-0.2, -0.15) is 5.10 Å². The predicted molar refractivity (Wildman–Crippen MR) is 129 cm³/mol. The van der Waals surface area contributed by atoms with Gasteiger partial charge < -0.3 is 0 Å². The number of hydrogen-bond acceptors (Lipinski definition) is 5. The van der Waals surface area contributed by atoms with Crippen molar-refractivity contribution in [3.63, 3.8) is 0 Å². The highest BCUT2D eigenvalue weighted by atomic mass is 32.2. The first-order valence-electron chi connectivity index (χ1n) is 10.2. The summed E-state index contributed by atoms with van der Waals surface area (Å²) in [5.74, 6) is 0.694. The molecule has 0 saturated heterocycles. The minimum absolute atomic E-state index is 0.171. The number of nitrogens with zero attached hydrogens (tertiary/aromatic N) is 4. The summed E-state index contributed by atoms with van der Waals surface area (Å²) in [6.07, 6.45) is 1.64. The smallest absolute Gasteiger partial charge is 0.250 e. The molecular formula is C25H23N5OS. The van der Waals surface area contributed by atoms with Gasteiger partial charge in [0, 0.05) is 11.3 Å². The van der Waals surface area contributed by atoms with Gasteiger partial charge in [-0.25, -0.2) is 5.43 Å². The van der Waals surface area contributed by atoms with Crippen LogP contribution in [0.1, 0.15) is 16.7 Å². The van der Waals surface area contributed by atoms with Crippen LogP contribution in [-0.2, 0) is 4.79 Å². The minimum Gasteiger partial charge on any atom is -0.272 e. The summed E-state index contributed by atoms with van der Waals surface area (Å²) in [4.78, 5) is 12.3. The monoisotopic (exact) mass is 441 g/mol. The topological polar surface area (TPSA) is 72.2 Å². The average Bonchev–Trinajstić information content (AvgIpc) is 3.23. The number of rotatable bonds is 7. The Morgan fingerprint density at radius 3 is 2.50 bits per heavy atom. The molecule has 160 valence electrons. The zero-order valence-electron chi connectivity index (χ0n) is 17.9. The molecule has 32 heavy (non-hydrogen) atoms. The summed E-state index contributed by atoms with van der Waals surface area (Å²) in [6.45, 7) is 4.06. The number of hydrazone groups is 1. The van der Waals surface area contributed by atoms with Gasteiger partial charge >= 0.3 is 0 Å². The number of thioether (sulfide) groups is 1. The molecule has 0 aliphatic rings. The molecule has 1 aromatic heterocycles. The second-order valence-corrected chi connectivity index (χ2v) is 8.28. The van der Waals surface area contributed by atoms with Crippen LogP contribution in [-0.4, -0.2) is 32.6 Å². The van der Waals surface area contributed by atoms with Crippen LogP contribution in [0.25, 0.3) is 17.1 Å². The van der Waals surface area contributed by atoms with Gasteiger partial charge in [0.25, 0.3) is 5.91 Å². The van der Waals surface area contributed by atoms with Crippen LogP contribution < -0.4 is 5.43 Å². The van der Waals surface area contributed by atoms with Gasteiger partial charge in [-0.15, -0.1) is 10.2 Å². The van der Waals surface area contributed by atoms with E-state index >= 15 is 0 Å². The summed E-state index contributed by atoms with van der Waals surface area (Å²) < 4.78 is 1.97. The number of para-hydroxylation sites is 1. The number of nitrogens with one attached hydrogen (secondary N) is 1. The molecule has 0 unspecified atom stereocenters. The van der Waals surface area contributed by atoms with E-state index in [-0.39, 0.29) is 11.7 Å². The van der Waals surface area contributed by atoms with E-state index in [4.69, 9.17) is 0 Å². The summed E-state index contributed by atoms with van der Waals surface area (Å²) in [5.41, 5.74) is 7.73. The van der Waals surface area contributed by atoms with Crippen LogP contribution in [0.4, 0.5) is 0 Å². The van der Waals surface area contributed by atoms with Gasteiger partial charge in [0.05, 0.1) is 12.0 Å². The van der Waals surface area contributed by atoms with Crippen molar-refractivity contribution in [3.05, 3.63) is 95.6 Å². The van der Waals surface area contributed by atoms with Gasteiger partial charge in [-0.1, -0.05) is 89.6 Å². The Kier molecular flexibility index (Phi) is 6.77. The van der Waals surface area contributed by atoms with Crippen molar-refractivity contribution in [2.75, 3.05) is 5.75 Å². The normalized spacial score (nSPS) is 11.1. The van der Waals surface area contributed by atoms with E-state index in [1.54, 1.807) is 6.21 Å². The maximum atomic E-state index is 12.3. The molecule has 1 heterocycles. The number of aromatic nitrogens is 3. The maximum absolute atomic E-state index is 12.3. The maximum Gasteiger partial charge on any atom is 0.250 e. The van der Waals surface area contributed by atoms with Crippen molar-refractivity contribution in [2.45, 2.75) is 19.0 Å². The SMILES string of the molecule is Cc1ccc(-c2nnc(SCC(=O)NN=Cc3cccc(C)c3)n2-c2ccccc2)cc1. The van der Waals surface area contributed by atoms with Crippen LogP contribution >= 0.6 is 11.8 Å². The molecule has 0 fully saturated rings. The molecule has 0 bridgehead atoms. The first-order chi connectivity index (χ1) is 15.6. The number of benzene rings is 3. The molecule has 0 aliphatic carbocycles. The Hall–Kier alpha value is -3.71. The predicted octanol–water partition coefficient (Wildman–Crippen LogP) is 4.79. The number of hydrogen-bond donors (Lipinski definition) is 1. The fraction of sp³-hybridized carbons (Fsp3) is 0.120. The lowest BCUT2D eigenvalue weighted by Gasteiger charge is -2.10. The molecule has 6 nitrogen and oxygen atoms in total. The minimum atomic E-state index is -0.210. The van der Waals surface area contributed by atoms with E-state index in [1.165, 1.54) is 17.3 Å². The Labute approximate surface area is 191 Å².